The van der Waals surface area contributed by atoms with Gasteiger partial charge >= 0.3 is 12.1 Å². The van der Waals surface area contributed by atoms with Crippen molar-refractivity contribution in [1.82, 2.24) is 14.9 Å². The van der Waals surface area contributed by atoms with E-state index in [4.69, 9.17) is 9.84 Å². The predicted molar refractivity (Wildman–Crippen MR) is 86.2 cm³/mol. The number of aryl methyl sites for hydroxylation is 1. The number of aromatic nitrogens is 2. The van der Waals surface area contributed by atoms with Gasteiger partial charge in [0, 0.05) is 37.3 Å². The largest absolute Gasteiger partial charge is 0.481 e. The second-order valence-corrected chi connectivity index (χ2v) is 6.56. The molecule has 1 amide bonds. The molecule has 23 heavy (non-hydrogen) atoms. The molecule has 0 saturated heterocycles. The van der Waals surface area contributed by atoms with E-state index in [2.05, 4.69) is 17.2 Å². The van der Waals surface area contributed by atoms with Crippen molar-refractivity contribution in [2.45, 2.75) is 71.6 Å². The highest BCUT2D eigenvalue weighted by Crippen LogP contribution is 2.11. The van der Waals surface area contributed by atoms with Crippen LogP contribution in [-0.2, 0) is 22.5 Å². The SMILES string of the molecule is CCCn1cncc1CC(CCC(=O)O)NC(=O)OC(C)(C)C. The maximum absolute atomic E-state index is 11.9. The number of rotatable bonds is 8. The van der Waals surface area contributed by atoms with Gasteiger partial charge in [-0.2, -0.15) is 0 Å². The third-order valence-corrected chi connectivity index (χ3v) is 3.15. The number of carboxylic acid groups (broad SMARTS) is 1. The summed E-state index contributed by atoms with van der Waals surface area (Å²) < 4.78 is 7.27. The lowest BCUT2D eigenvalue weighted by molar-refractivity contribution is -0.137. The van der Waals surface area contributed by atoms with Gasteiger partial charge in [0.05, 0.1) is 6.33 Å². The van der Waals surface area contributed by atoms with Crippen LogP contribution in [-0.4, -0.2) is 38.4 Å². The van der Waals surface area contributed by atoms with Crippen LogP contribution in [0.15, 0.2) is 12.5 Å². The molecule has 0 saturated carbocycles. The molecule has 1 atom stereocenters. The first-order valence-corrected chi connectivity index (χ1v) is 7.91. The number of imidazole rings is 1. The van der Waals surface area contributed by atoms with Crippen molar-refractivity contribution in [3.8, 4) is 0 Å². The standard InChI is InChI=1S/C16H27N3O4/c1-5-8-19-11-17-10-13(19)9-12(6-7-14(20)21)18-15(22)23-16(2,3)4/h10-12H,5-9H2,1-4H3,(H,18,22)(H,20,21). The van der Waals surface area contributed by atoms with Gasteiger partial charge in [-0.05, 0) is 33.6 Å². The molecule has 1 aromatic heterocycles. The fourth-order valence-corrected chi connectivity index (χ4v) is 2.21. The normalized spacial score (nSPS) is 12.7. The van der Waals surface area contributed by atoms with E-state index < -0.39 is 17.7 Å². The van der Waals surface area contributed by atoms with Crippen LogP contribution in [0.25, 0.3) is 0 Å². The number of carbonyl (C=O) groups excluding carboxylic acids is 1. The van der Waals surface area contributed by atoms with Gasteiger partial charge in [-0.15, -0.1) is 0 Å². The minimum absolute atomic E-state index is 0.0115. The van der Waals surface area contributed by atoms with Crippen LogP contribution in [0.4, 0.5) is 4.79 Å². The third kappa shape index (κ3) is 7.67. The Morgan fingerprint density at radius 1 is 1.43 bits per heavy atom. The van der Waals surface area contributed by atoms with E-state index in [9.17, 15) is 9.59 Å². The van der Waals surface area contributed by atoms with Gasteiger partial charge in [-0.1, -0.05) is 6.92 Å². The number of nitrogens with zero attached hydrogens (tertiary/aromatic N) is 2. The number of amides is 1. The Labute approximate surface area is 137 Å². The molecule has 0 fully saturated rings. The summed E-state index contributed by atoms with van der Waals surface area (Å²) in [6.45, 7) is 8.28. The first-order valence-electron chi connectivity index (χ1n) is 7.91. The lowest BCUT2D eigenvalue weighted by Crippen LogP contribution is -2.40. The highest BCUT2D eigenvalue weighted by Gasteiger charge is 2.21. The number of nitrogens with one attached hydrogen (secondary N) is 1. The quantitative estimate of drug-likeness (QED) is 0.766. The summed E-state index contributed by atoms with van der Waals surface area (Å²) in [5.74, 6) is -0.886. The molecule has 130 valence electrons. The Morgan fingerprint density at radius 3 is 2.70 bits per heavy atom. The van der Waals surface area contributed by atoms with Gasteiger partial charge in [-0.25, -0.2) is 9.78 Å². The molecule has 0 aromatic carbocycles. The lowest BCUT2D eigenvalue weighted by atomic mass is 10.1. The Kier molecular flexibility index (Phi) is 7.06. The van der Waals surface area contributed by atoms with Gasteiger partial charge < -0.3 is 19.7 Å². The Balaban J connectivity index is 2.73. The molecule has 0 aliphatic carbocycles. The van der Waals surface area contributed by atoms with Crippen LogP contribution < -0.4 is 5.32 Å². The van der Waals surface area contributed by atoms with E-state index in [1.165, 1.54) is 0 Å². The molecule has 0 bridgehead atoms. The highest BCUT2D eigenvalue weighted by molar-refractivity contribution is 5.69. The molecule has 0 aliphatic heterocycles. The predicted octanol–water partition coefficient (Wildman–Crippen LogP) is 2.59. The molecule has 1 rings (SSSR count). The number of aliphatic carboxylic acids is 1. The molecular formula is C16H27N3O4. The van der Waals surface area contributed by atoms with Crippen LogP contribution in [0.5, 0.6) is 0 Å². The van der Waals surface area contributed by atoms with Crippen molar-refractivity contribution in [3.63, 3.8) is 0 Å². The maximum Gasteiger partial charge on any atom is 0.407 e. The lowest BCUT2D eigenvalue weighted by Gasteiger charge is -2.23. The molecule has 1 heterocycles. The number of alkyl carbamates (subject to hydrolysis) is 1. The van der Waals surface area contributed by atoms with Crippen molar-refractivity contribution < 1.29 is 19.4 Å². The molecule has 2 N–H and O–H groups in total. The van der Waals surface area contributed by atoms with Crippen LogP contribution >= 0.6 is 0 Å². The number of carbonyl (C=O) groups is 2. The van der Waals surface area contributed by atoms with Crippen molar-refractivity contribution >= 4 is 12.1 Å². The van der Waals surface area contributed by atoms with Crippen molar-refractivity contribution in [2.75, 3.05) is 0 Å². The van der Waals surface area contributed by atoms with E-state index in [-0.39, 0.29) is 12.5 Å². The molecule has 0 radical (unpaired) electrons. The first-order chi connectivity index (χ1) is 10.7. The third-order valence-electron chi connectivity index (χ3n) is 3.15. The smallest absolute Gasteiger partial charge is 0.407 e. The highest BCUT2D eigenvalue weighted by atomic mass is 16.6. The Morgan fingerprint density at radius 2 is 2.13 bits per heavy atom. The van der Waals surface area contributed by atoms with Crippen LogP contribution in [0.3, 0.4) is 0 Å². The summed E-state index contributed by atoms with van der Waals surface area (Å²) in [4.78, 5) is 26.9. The van der Waals surface area contributed by atoms with Gasteiger partial charge in [0.1, 0.15) is 5.60 Å². The van der Waals surface area contributed by atoms with E-state index in [0.29, 0.717) is 12.8 Å². The van der Waals surface area contributed by atoms with Crippen molar-refractivity contribution in [2.24, 2.45) is 0 Å². The number of hydrogen-bond acceptors (Lipinski definition) is 4. The monoisotopic (exact) mass is 325 g/mol. The number of carboxylic acids is 1. The first kappa shape index (κ1) is 19.0. The minimum atomic E-state index is -0.886. The zero-order valence-corrected chi connectivity index (χ0v) is 14.3. The zero-order chi connectivity index (χ0) is 17.5. The average molecular weight is 325 g/mol. The summed E-state index contributed by atoms with van der Waals surface area (Å²) >= 11 is 0. The van der Waals surface area contributed by atoms with Crippen molar-refractivity contribution in [3.05, 3.63) is 18.2 Å². The zero-order valence-electron chi connectivity index (χ0n) is 14.3. The van der Waals surface area contributed by atoms with Gasteiger partial charge in [0.25, 0.3) is 0 Å². The second-order valence-electron chi connectivity index (χ2n) is 6.56. The van der Waals surface area contributed by atoms with Gasteiger partial charge in [0.15, 0.2) is 0 Å². The van der Waals surface area contributed by atoms with Crippen molar-refractivity contribution in [1.29, 1.82) is 0 Å². The fourth-order valence-electron chi connectivity index (χ4n) is 2.21. The summed E-state index contributed by atoms with van der Waals surface area (Å²) in [6.07, 6.45) is 4.79. The fraction of sp³-hybridized carbons (Fsp3) is 0.688. The summed E-state index contributed by atoms with van der Waals surface area (Å²) in [6, 6.07) is -0.312. The number of hydrogen-bond donors (Lipinski definition) is 2. The van der Waals surface area contributed by atoms with E-state index >= 15 is 0 Å². The molecular weight excluding hydrogens is 298 g/mol. The summed E-state index contributed by atoms with van der Waals surface area (Å²) in [5, 5.41) is 11.7. The summed E-state index contributed by atoms with van der Waals surface area (Å²) in [7, 11) is 0. The molecule has 1 unspecified atom stereocenters. The molecule has 1 aromatic rings. The van der Waals surface area contributed by atoms with Crippen LogP contribution in [0.1, 0.15) is 52.7 Å². The van der Waals surface area contributed by atoms with E-state index in [1.807, 2.05) is 4.57 Å². The topological polar surface area (TPSA) is 93.5 Å². The minimum Gasteiger partial charge on any atom is -0.481 e. The Hall–Kier alpha value is -2.05. The van der Waals surface area contributed by atoms with E-state index in [0.717, 1.165) is 18.7 Å². The molecule has 7 heteroatoms. The summed E-state index contributed by atoms with van der Waals surface area (Å²) in [5.41, 5.74) is 0.379. The molecule has 0 aliphatic rings. The maximum atomic E-state index is 11.9. The number of ether oxygens (including phenoxy) is 1. The van der Waals surface area contributed by atoms with Gasteiger partial charge in [0.2, 0.25) is 0 Å². The van der Waals surface area contributed by atoms with Crippen LogP contribution in [0, 0.1) is 0 Å². The molecule has 7 nitrogen and oxygen atoms in total. The Bertz CT molecular complexity index is 520. The van der Waals surface area contributed by atoms with Gasteiger partial charge in [-0.3, -0.25) is 4.79 Å². The second kappa shape index (κ2) is 8.55. The molecule has 0 spiro atoms. The average Bonchev–Trinajstić information content (AvgIpc) is 2.81. The van der Waals surface area contributed by atoms with E-state index in [1.54, 1.807) is 33.3 Å². The van der Waals surface area contributed by atoms with Crippen LogP contribution in [0.2, 0.25) is 0 Å².